The Morgan fingerprint density at radius 3 is 2.44 bits per heavy atom. The average Bonchev–Trinajstić information content (AvgIpc) is 3.00. The number of ether oxygens (including phenoxy) is 1. The van der Waals surface area contributed by atoms with Crippen LogP contribution in [0.1, 0.15) is 19.3 Å². The summed E-state index contributed by atoms with van der Waals surface area (Å²) >= 11 is 11.9. The predicted molar refractivity (Wildman–Crippen MR) is 93.9 cm³/mol. The van der Waals surface area contributed by atoms with Gasteiger partial charge in [-0.05, 0) is 30.9 Å². The van der Waals surface area contributed by atoms with Crippen molar-refractivity contribution in [2.45, 2.75) is 24.2 Å². The summed E-state index contributed by atoms with van der Waals surface area (Å²) in [5.74, 6) is -0.985. The molecule has 10 heteroatoms. The van der Waals surface area contributed by atoms with Gasteiger partial charge in [0.2, 0.25) is 10.0 Å². The lowest BCUT2D eigenvalue weighted by Gasteiger charge is -2.12. The number of sulfonamides is 1. The van der Waals surface area contributed by atoms with Crippen LogP contribution in [0.15, 0.2) is 29.2 Å². The highest BCUT2D eigenvalue weighted by molar-refractivity contribution is 7.89. The van der Waals surface area contributed by atoms with Gasteiger partial charge in [0.25, 0.3) is 5.91 Å². The van der Waals surface area contributed by atoms with E-state index in [-0.39, 0.29) is 33.0 Å². The fraction of sp³-hybridized carbons (Fsp3) is 0.333. The van der Waals surface area contributed by atoms with E-state index in [0.29, 0.717) is 0 Å². The number of primary sulfonamides is 1. The second-order valence-electron chi connectivity index (χ2n) is 5.49. The van der Waals surface area contributed by atoms with E-state index in [2.05, 4.69) is 5.32 Å². The molecule has 1 amide bonds. The fourth-order valence-corrected chi connectivity index (χ4v) is 3.57. The van der Waals surface area contributed by atoms with Crippen LogP contribution in [0.2, 0.25) is 10.0 Å². The zero-order chi connectivity index (χ0) is 18.6. The third-order valence-electron chi connectivity index (χ3n) is 3.51. The van der Waals surface area contributed by atoms with Crippen LogP contribution in [0.5, 0.6) is 0 Å². The zero-order valence-corrected chi connectivity index (χ0v) is 15.3. The Labute approximate surface area is 155 Å². The Balaban J connectivity index is 1.94. The third kappa shape index (κ3) is 5.71. The number of carbonyl (C=O) groups is 2. The van der Waals surface area contributed by atoms with Crippen molar-refractivity contribution in [3.8, 4) is 0 Å². The highest BCUT2D eigenvalue weighted by atomic mass is 35.5. The van der Waals surface area contributed by atoms with E-state index in [4.69, 9.17) is 33.1 Å². The molecule has 0 saturated carbocycles. The van der Waals surface area contributed by atoms with Gasteiger partial charge in [0.05, 0.1) is 27.0 Å². The lowest BCUT2D eigenvalue weighted by atomic mass is 10.1. The van der Waals surface area contributed by atoms with Crippen LogP contribution in [0.25, 0.3) is 0 Å². The SMILES string of the molecule is NS(=O)(=O)c1cc(Cl)c(NC(=O)COC(=O)C[C@@H]2C=CCC2)c(Cl)c1. The Bertz CT molecular complexity index is 800. The van der Waals surface area contributed by atoms with E-state index in [9.17, 15) is 18.0 Å². The number of esters is 1. The molecule has 1 aliphatic carbocycles. The van der Waals surface area contributed by atoms with E-state index in [1.165, 1.54) is 0 Å². The molecule has 0 radical (unpaired) electrons. The van der Waals surface area contributed by atoms with Gasteiger partial charge in [0.1, 0.15) is 0 Å². The Morgan fingerprint density at radius 1 is 1.28 bits per heavy atom. The summed E-state index contributed by atoms with van der Waals surface area (Å²) in [5.41, 5.74) is 0.00973. The van der Waals surface area contributed by atoms with Gasteiger partial charge in [-0.25, -0.2) is 13.6 Å². The van der Waals surface area contributed by atoms with E-state index in [1.807, 2.05) is 12.2 Å². The van der Waals surface area contributed by atoms with Crippen molar-refractivity contribution in [1.29, 1.82) is 0 Å². The summed E-state index contributed by atoms with van der Waals surface area (Å²) in [6, 6.07) is 2.13. The molecule has 25 heavy (non-hydrogen) atoms. The standard InChI is InChI=1S/C15H16Cl2N2O5S/c16-11-6-10(25(18,22)23)7-12(17)15(11)19-13(20)8-24-14(21)5-9-3-1-2-4-9/h1,3,6-7,9H,2,4-5,8H2,(H,19,20)(H2,18,22,23)/t9-/m1/s1. The summed E-state index contributed by atoms with van der Waals surface area (Å²) in [5, 5.41) is 7.17. The molecule has 0 bridgehead atoms. The second-order valence-corrected chi connectivity index (χ2v) is 7.86. The summed E-state index contributed by atoms with van der Waals surface area (Å²) in [6.45, 7) is -0.501. The topological polar surface area (TPSA) is 116 Å². The average molecular weight is 407 g/mol. The maximum atomic E-state index is 11.9. The Kier molecular flexibility index (Phi) is 6.45. The second kappa shape index (κ2) is 8.18. The minimum Gasteiger partial charge on any atom is -0.456 e. The Hall–Kier alpha value is -1.61. The minimum absolute atomic E-state index is 0.00973. The molecule has 2 rings (SSSR count). The number of rotatable bonds is 6. The van der Waals surface area contributed by atoms with Crippen molar-refractivity contribution >= 4 is 50.8 Å². The third-order valence-corrected chi connectivity index (χ3v) is 5.00. The van der Waals surface area contributed by atoms with Crippen LogP contribution >= 0.6 is 23.2 Å². The molecular weight excluding hydrogens is 391 g/mol. The molecular formula is C15H16Cl2N2O5S. The van der Waals surface area contributed by atoms with Gasteiger partial charge in [-0.3, -0.25) is 9.59 Å². The monoisotopic (exact) mass is 406 g/mol. The molecule has 0 aromatic heterocycles. The molecule has 0 aliphatic heterocycles. The number of carbonyl (C=O) groups excluding carboxylic acids is 2. The van der Waals surface area contributed by atoms with Gasteiger partial charge in [0, 0.05) is 0 Å². The first-order valence-corrected chi connectivity index (χ1v) is 9.61. The molecule has 1 aromatic carbocycles. The number of amides is 1. The number of nitrogens with one attached hydrogen (secondary N) is 1. The van der Waals surface area contributed by atoms with E-state index in [1.54, 1.807) is 0 Å². The summed E-state index contributed by atoms with van der Waals surface area (Å²) < 4.78 is 27.5. The van der Waals surface area contributed by atoms with Crippen molar-refractivity contribution in [1.82, 2.24) is 0 Å². The van der Waals surface area contributed by atoms with Crippen LogP contribution < -0.4 is 10.5 Å². The van der Waals surface area contributed by atoms with Gasteiger partial charge in [-0.1, -0.05) is 35.4 Å². The molecule has 7 nitrogen and oxygen atoms in total. The smallest absolute Gasteiger partial charge is 0.306 e. The number of nitrogens with two attached hydrogens (primary N) is 1. The number of benzene rings is 1. The molecule has 1 atom stereocenters. The highest BCUT2D eigenvalue weighted by Gasteiger charge is 2.18. The van der Waals surface area contributed by atoms with Crippen molar-refractivity contribution in [3.63, 3.8) is 0 Å². The molecule has 0 unspecified atom stereocenters. The summed E-state index contributed by atoms with van der Waals surface area (Å²) in [7, 11) is -3.98. The molecule has 0 saturated heterocycles. The van der Waals surface area contributed by atoms with E-state index in [0.717, 1.165) is 25.0 Å². The first-order chi connectivity index (χ1) is 11.7. The lowest BCUT2D eigenvalue weighted by Crippen LogP contribution is -2.22. The van der Waals surface area contributed by atoms with Crippen molar-refractivity contribution < 1.29 is 22.7 Å². The molecule has 136 valence electrons. The molecule has 0 fully saturated rings. The zero-order valence-electron chi connectivity index (χ0n) is 13.0. The van der Waals surface area contributed by atoms with Gasteiger partial charge in [0.15, 0.2) is 6.61 Å². The lowest BCUT2D eigenvalue weighted by molar-refractivity contribution is -0.147. The number of hydrogen-bond acceptors (Lipinski definition) is 5. The molecule has 0 heterocycles. The van der Waals surface area contributed by atoms with Crippen molar-refractivity contribution in [2.24, 2.45) is 11.1 Å². The first-order valence-electron chi connectivity index (χ1n) is 7.31. The number of anilines is 1. The predicted octanol–water partition coefficient (Wildman–Crippen LogP) is 2.48. The van der Waals surface area contributed by atoms with E-state index < -0.39 is 28.5 Å². The van der Waals surface area contributed by atoms with Crippen LogP contribution in [-0.4, -0.2) is 26.9 Å². The molecule has 0 spiro atoms. The van der Waals surface area contributed by atoms with E-state index >= 15 is 0 Å². The maximum Gasteiger partial charge on any atom is 0.306 e. The minimum atomic E-state index is -3.98. The molecule has 3 N–H and O–H groups in total. The van der Waals surface area contributed by atoms with Crippen LogP contribution in [0.4, 0.5) is 5.69 Å². The number of halogens is 2. The fourth-order valence-electron chi connectivity index (χ4n) is 2.29. The highest BCUT2D eigenvalue weighted by Crippen LogP contribution is 2.33. The summed E-state index contributed by atoms with van der Waals surface area (Å²) in [6.07, 6.45) is 6.00. The van der Waals surface area contributed by atoms with Gasteiger partial charge in [-0.2, -0.15) is 0 Å². The quantitative estimate of drug-likeness (QED) is 0.555. The normalized spacial score (nSPS) is 16.7. The largest absolute Gasteiger partial charge is 0.456 e. The molecule has 1 aromatic rings. The van der Waals surface area contributed by atoms with Gasteiger partial charge in [-0.15, -0.1) is 0 Å². The first kappa shape index (κ1) is 19.7. The van der Waals surface area contributed by atoms with Crippen LogP contribution in [0.3, 0.4) is 0 Å². The van der Waals surface area contributed by atoms with Crippen molar-refractivity contribution in [3.05, 3.63) is 34.3 Å². The number of hydrogen-bond donors (Lipinski definition) is 2. The van der Waals surface area contributed by atoms with Gasteiger partial charge < -0.3 is 10.1 Å². The van der Waals surface area contributed by atoms with Gasteiger partial charge >= 0.3 is 5.97 Å². The number of allylic oxidation sites excluding steroid dienone is 2. The van der Waals surface area contributed by atoms with Crippen molar-refractivity contribution in [2.75, 3.05) is 11.9 Å². The Morgan fingerprint density at radius 2 is 1.92 bits per heavy atom. The van der Waals surface area contributed by atoms with Crippen LogP contribution in [0, 0.1) is 5.92 Å². The molecule has 1 aliphatic rings. The van der Waals surface area contributed by atoms with Crippen LogP contribution in [-0.2, 0) is 24.3 Å². The maximum absolute atomic E-state index is 11.9. The summed E-state index contributed by atoms with van der Waals surface area (Å²) in [4.78, 5) is 23.3.